The molecular weight excluding hydrogens is 254 g/mol. The molecule has 21 heavy (non-hydrogen) atoms. The monoisotopic (exact) mass is 289 g/mol. The van der Waals surface area contributed by atoms with Crippen LogP contribution in [0.3, 0.4) is 0 Å². The van der Waals surface area contributed by atoms with Crippen LogP contribution in [0.1, 0.15) is 96.0 Å². The zero-order chi connectivity index (χ0) is 15.0. The number of hydrogen-bond donors (Lipinski definition) is 0. The van der Waals surface area contributed by atoms with Gasteiger partial charge in [-0.1, -0.05) is 90.0 Å². The fraction of sp³-hybridized carbons (Fsp3) is 0.750. The standard InChI is InChI=1S/C20H35N/c1-2-3-4-5-6-7-8-9-10-11-12-13-14-16-20-17-15-18-21-19-20/h15,17-19H,2-14,16H2,1H3. The first-order valence-corrected chi connectivity index (χ1v) is 9.32. The van der Waals surface area contributed by atoms with E-state index in [1.807, 2.05) is 18.5 Å². The van der Waals surface area contributed by atoms with E-state index in [9.17, 15) is 0 Å². The molecule has 1 nitrogen and oxygen atoms in total. The highest BCUT2D eigenvalue weighted by molar-refractivity contribution is 5.08. The van der Waals surface area contributed by atoms with Crippen LogP contribution in [0.5, 0.6) is 0 Å². The quantitative estimate of drug-likeness (QED) is 0.347. The van der Waals surface area contributed by atoms with E-state index in [0.717, 1.165) is 0 Å². The number of hydrogen-bond acceptors (Lipinski definition) is 1. The van der Waals surface area contributed by atoms with E-state index >= 15 is 0 Å². The first-order valence-electron chi connectivity index (χ1n) is 9.32. The minimum atomic E-state index is 1.20. The number of rotatable bonds is 14. The Morgan fingerprint density at radius 2 is 1.24 bits per heavy atom. The van der Waals surface area contributed by atoms with Crippen LogP contribution in [-0.2, 0) is 6.42 Å². The number of aromatic nitrogens is 1. The van der Waals surface area contributed by atoms with Crippen molar-refractivity contribution >= 4 is 0 Å². The van der Waals surface area contributed by atoms with Crippen LogP contribution < -0.4 is 0 Å². The Hall–Kier alpha value is -0.850. The summed E-state index contributed by atoms with van der Waals surface area (Å²) in [6, 6.07) is 4.23. The molecular formula is C20H35N. The highest BCUT2D eigenvalue weighted by Crippen LogP contribution is 2.13. The number of aryl methyl sites for hydroxylation is 1. The molecule has 0 saturated carbocycles. The normalized spacial score (nSPS) is 10.9. The van der Waals surface area contributed by atoms with Crippen molar-refractivity contribution in [3.05, 3.63) is 30.1 Å². The average Bonchev–Trinajstić information content (AvgIpc) is 2.53. The Labute approximate surface area is 132 Å². The molecule has 0 unspecified atom stereocenters. The molecule has 0 amide bonds. The summed E-state index contributed by atoms with van der Waals surface area (Å²) in [7, 11) is 0. The van der Waals surface area contributed by atoms with Crippen LogP contribution in [0.4, 0.5) is 0 Å². The van der Waals surface area contributed by atoms with Crippen LogP contribution in [-0.4, -0.2) is 4.98 Å². The first-order chi connectivity index (χ1) is 10.4. The molecule has 0 atom stereocenters. The molecule has 1 aromatic heterocycles. The molecule has 0 N–H and O–H groups in total. The summed E-state index contributed by atoms with van der Waals surface area (Å²) in [5.41, 5.74) is 1.39. The SMILES string of the molecule is CCCCCCCCCCCCCCCc1cccnc1. The third kappa shape index (κ3) is 11.5. The predicted octanol–water partition coefficient (Wildman–Crippen LogP) is 6.72. The molecule has 0 fully saturated rings. The fourth-order valence-corrected chi connectivity index (χ4v) is 2.89. The Bertz CT molecular complexity index is 307. The Morgan fingerprint density at radius 1 is 0.714 bits per heavy atom. The average molecular weight is 290 g/mol. The predicted molar refractivity (Wildman–Crippen MR) is 93.6 cm³/mol. The van der Waals surface area contributed by atoms with Gasteiger partial charge >= 0.3 is 0 Å². The van der Waals surface area contributed by atoms with Crippen LogP contribution >= 0.6 is 0 Å². The van der Waals surface area contributed by atoms with Crippen molar-refractivity contribution in [2.45, 2.75) is 96.8 Å². The van der Waals surface area contributed by atoms with Crippen LogP contribution in [0.2, 0.25) is 0 Å². The topological polar surface area (TPSA) is 12.9 Å². The number of unbranched alkanes of at least 4 members (excludes halogenated alkanes) is 12. The summed E-state index contributed by atoms with van der Waals surface area (Å²) in [5, 5.41) is 0. The lowest BCUT2D eigenvalue weighted by atomic mass is 10.0. The molecule has 0 bridgehead atoms. The Kier molecular flexibility index (Phi) is 12.2. The molecule has 120 valence electrons. The van der Waals surface area contributed by atoms with Crippen molar-refractivity contribution in [2.24, 2.45) is 0 Å². The lowest BCUT2D eigenvalue weighted by Gasteiger charge is -2.03. The van der Waals surface area contributed by atoms with Crippen molar-refractivity contribution in [3.63, 3.8) is 0 Å². The summed E-state index contributed by atoms with van der Waals surface area (Å²) in [6.07, 6.45) is 23.6. The second kappa shape index (κ2) is 14.1. The summed E-state index contributed by atoms with van der Waals surface area (Å²) >= 11 is 0. The highest BCUT2D eigenvalue weighted by atomic mass is 14.6. The Balaban J connectivity index is 1.75. The maximum absolute atomic E-state index is 4.16. The van der Waals surface area contributed by atoms with E-state index in [-0.39, 0.29) is 0 Å². The summed E-state index contributed by atoms with van der Waals surface area (Å²) < 4.78 is 0. The van der Waals surface area contributed by atoms with E-state index in [1.54, 1.807) is 0 Å². The number of pyridine rings is 1. The van der Waals surface area contributed by atoms with Gasteiger partial charge in [-0.15, -0.1) is 0 Å². The molecule has 0 aliphatic carbocycles. The lowest BCUT2D eigenvalue weighted by molar-refractivity contribution is 0.539. The highest BCUT2D eigenvalue weighted by Gasteiger charge is 1.95. The Morgan fingerprint density at radius 3 is 1.71 bits per heavy atom. The van der Waals surface area contributed by atoms with Crippen molar-refractivity contribution in [3.8, 4) is 0 Å². The molecule has 1 heterocycles. The lowest BCUT2D eigenvalue weighted by Crippen LogP contribution is -1.87. The largest absolute Gasteiger partial charge is 0.264 e. The summed E-state index contributed by atoms with van der Waals surface area (Å²) in [4.78, 5) is 4.16. The zero-order valence-electron chi connectivity index (χ0n) is 14.2. The van der Waals surface area contributed by atoms with Crippen molar-refractivity contribution in [1.82, 2.24) is 4.98 Å². The molecule has 0 aliphatic heterocycles. The molecule has 0 saturated heterocycles. The van der Waals surface area contributed by atoms with E-state index in [2.05, 4.69) is 18.0 Å². The molecule has 0 radical (unpaired) electrons. The summed E-state index contributed by atoms with van der Waals surface area (Å²) in [5.74, 6) is 0. The molecule has 1 aromatic rings. The summed E-state index contributed by atoms with van der Waals surface area (Å²) in [6.45, 7) is 2.29. The third-order valence-corrected chi connectivity index (χ3v) is 4.29. The molecule has 1 heteroatoms. The van der Waals surface area contributed by atoms with Gasteiger partial charge in [0, 0.05) is 12.4 Å². The van der Waals surface area contributed by atoms with Crippen molar-refractivity contribution < 1.29 is 0 Å². The van der Waals surface area contributed by atoms with Gasteiger partial charge in [-0.05, 0) is 24.5 Å². The van der Waals surface area contributed by atoms with Gasteiger partial charge < -0.3 is 0 Å². The van der Waals surface area contributed by atoms with Gasteiger partial charge in [-0.3, -0.25) is 4.98 Å². The number of nitrogens with zero attached hydrogens (tertiary/aromatic N) is 1. The molecule has 0 aromatic carbocycles. The maximum atomic E-state index is 4.16. The second-order valence-electron chi connectivity index (χ2n) is 6.35. The minimum absolute atomic E-state index is 1.20. The third-order valence-electron chi connectivity index (χ3n) is 4.29. The molecule has 0 spiro atoms. The smallest absolute Gasteiger partial charge is 0.0299 e. The van der Waals surface area contributed by atoms with Crippen LogP contribution in [0.15, 0.2) is 24.5 Å². The van der Waals surface area contributed by atoms with Gasteiger partial charge in [0.25, 0.3) is 0 Å². The fourth-order valence-electron chi connectivity index (χ4n) is 2.89. The van der Waals surface area contributed by atoms with Gasteiger partial charge in [-0.2, -0.15) is 0 Å². The van der Waals surface area contributed by atoms with Crippen LogP contribution in [0.25, 0.3) is 0 Å². The minimum Gasteiger partial charge on any atom is -0.264 e. The van der Waals surface area contributed by atoms with Gasteiger partial charge in [0.15, 0.2) is 0 Å². The van der Waals surface area contributed by atoms with Gasteiger partial charge in [-0.25, -0.2) is 0 Å². The van der Waals surface area contributed by atoms with Gasteiger partial charge in [0.1, 0.15) is 0 Å². The van der Waals surface area contributed by atoms with E-state index in [1.165, 1.54) is 95.5 Å². The van der Waals surface area contributed by atoms with E-state index in [0.29, 0.717) is 0 Å². The van der Waals surface area contributed by atoms with Crippen LogP contribution in [0, 0.1) is 0 Å². The molecule has 0 aliphatic rings. The van der Waals surface area contributed by atoms with Crippen molar-refractivity contribution in [1.29, 1.82) is 0 Å². The van der Waals surface area contributed by atoms with E-state index in [4.69, 9.17) is 0 Å². The van der Waals surface area contributed by atoms with E-state index < -0.39 is 0 Å². The first kappa shape index (κ1) is 18.2. The van der Waals surface area contributed by atoms with Gasteiger partial charge in [0.2, 0.25) is 0 Å². The molecule has 1 rings (SSSR count). The second-order valence-corrected chi connectivity index (χ2v) is 6.35. The maximum Gasteiger partial charge on any atom is 0.0299 e. The van der Waals surface area contributed by atoms with Crippen molar-refractivity contribution in [2.75, 3.05) is 0 Å². The van der Waals surface area contributed by atoms with Gasteiger partial charge in [0.05, 0.1) is 0 Å². The zero-order valence-corrected chi connectivity index (χ0v) is 14.2.